The van der Waals surface area contributed by atoms with Gasteiger partial charge in [0.05, 0.1) is 18.0 Å². The Morgan fingerprint density at radius 3 is 2.64 bits per heavy atom. The summed E-state index contributed by atoms with van der Waals surface area (Å²) >= 11 is 0. The lowest BCUT2D eigenvalue weighted by Gasteiger charge is -2.35. The Morgan fingerprint density at radius 2 is 1.93 bits per heavy atom. The third kappa shape index (κ3) is 5.52. The van der Waals surface area contributed by atoms with Crippen molar-refractivity contribution in [2.75, 3.05) is 26.2 Å². The van der Waals surface area contributed by atoms with Crippen molar-refractivity contribution in [1.29, 1.82) is 0 Å². The van der Waals surface area contributed by atoms with Crippen LogP contribution in [0.25, 0.3) is 0 Å². The zero-order valence-electron chi connectivity index (χ0n) is 16.7. The van der Waals surface area contributed by atoms with Gasteiger partial charge in [0, 0.05) is 13.1 Å². The van der Waals surface area contributed by atoms with Crippen molar-refractivity contribution in [2.24, 2.45) is 0 Å². The third-order valence-corrected chi connectivity index (χ3v) is 6.57. The number of amides is 2. The average Bonchev–Trinajstić information content (AvgIpc) is 2.68. The summed E-state index contributed by atoms with van der Waals surface area (Å²) in [5.41, 5.74) is 1.49. The van der Waals surface area contributed by atoms with E-state index in [0.29, 0.717) is 31.7 Å². The van der Waals surface area contributed by atoms with Crippen LogP contribution in [0.2, 0.25) is 0 Å². The number of hydrogen-bond acceptors (Lipinski definition) is 5. The fourth-order valence-corrected chi connectivity index (χ4v) is 4.81. The smallest absolute Gasteiger partial charge is 0.309 e. The maximum atomic E-state index is 13.2. The molecule has 1 fully saturated rings. The van der Waals surface area contributed by atoms with Gasteiger partial charge in [0.15, 0.2) is 0 Å². The van der Waals surface area contributed by atoms with Crippen molar-refractivity contribution in [3.63, 3.8) is 0 Å². The first-order valence-corrected chi connectivity index (χ1v) is 11.0. The van der Waals surface area contributed by atoms with Gasteiger partial charge in [0.1, 0.15) is 6.23 Å². The number of rotatable bonds is 7. The van der Waals surface area contributed by atoms with E-state index in [1.54, 1.807) is 19.1 Å². The van der Waals surface area contributed by atoms with Gasteiger partial charge in [-0.1, -0.05) is 25.5 Å². The molecule has 0 aliphatic carbocycles. The Morgan fingerprint density at radius 1 is 1.21 bits per heavy atom. The van der Waals surface area contributed by atoms with Crippen molar-refractivity contribution in [2.45, 2.75) is 51.2 Å². The van der Waals surface area contributed by atoms with Gasteiger partial charge in [-0.2, -0.15) is 4.31 Å². The first-order chi connectivity index (χ1) is 13.3. The van der Waals surface area contributed by atoms with E-state index < -0.39 is 28.1 Å². The molecule has 156 valence electrons. The molecule has 1 aromatic rings. The van der Waals surface area contributed by atoms with E-state index in [9.17, 15) is 18.0 Å². The highest BCUT2D eigenvalue weighted by atomic mass is 32.2. The fourth-order valence-electron chi connectivity index (χ4n) is 2.93. The molecule has 1 saturated heterocycles. The van der Waals surface area contributed by atoms with E-state index in [4.69, 9.17) is 4.74 Å². The zero-order chi connectivity index (χ0) is 20.7. The molecule has 1 aliphatic heterocycles. The van der Waals surface area contributed by atoms with Crippen molar-refractivity contribution < 1.29 is 22.7 Å². The largest absolute Gasteiger partial charge is 0.360 e. The second kappa shape index (κ2) is 9.99. The number of sulfonamides is 1. The lowest BCUT2D eigenvalue weighted by Crippen LogP contribution is -2.53. The van der Waals surface area contributed by atoms with Crippen LogP contribution in [0, 0.1) is 13.8 Å². The quantitative estimate of drug-likeness (QED) is 0.516. The predicted molar refractivity (Wildman–Crippen MR) is 105 cm³/mol. The molecule has 0 saturated carbocycles. The highest BCUT2D eigenvalue weighted by Gasteiger charge is 2.35. The molecular weight excluding hydrogens is 382 g/mol. The molecule has 2 rings (SSSR count). The number of carbonyl (C=O) groups excluding carboxylic acids is 2. The number of carbonyl (C=O) groups is 2. The highest BCUT2D eigenvalue weighted by molar-refractivity contribution is 7.89. The summed E-state index contributed by atoms with van der Waals surface area (Å²) < 4.78 is 33.2. The number of benzene rings is 1. The third-order valence-electron chi connectivity index (χ3n) is 4.54. The van der Waals surface area contributed by atoms with Gasteiger partial charge in [0.2, 0.25) is 10.0 Å². The standard InChI is InChI=1S/C19H29N3O5S/c1-4-5-9-20-18(23)19(24)21-13-17-22(10-6-11-27-17)28(25,26)16-12-14(2)7-8-15(16)3/h7-8,12,17H,4-6,9-11,13H2,1-3H3,(H,20,23)(H,21,24). The van der Waals surface area contributed by atoms with Crippen LogP contribution in [0.4, 0.5) is 0 Å². The van der Waals surface area contributed by atoms with Gasteiger partial charge < -0.3 is 15.4 Å². The Balaban J connectivity index is 2.08. The second-order valence-electron chi connectivity index (χ2n) is 6.88. The first kappa shape index (κ1) is 22.3. The van der Waals surface area contributed by atoms with Crippen molar-refractivity contribution in [3.05, 3.63) is 29.3 Å². The second-order valence-corrected chi connectivity index (χ2v) is 8.74. The summed E-state index contributed by atoms with van der Waals surface area (Å²) in [4.78, 5) is 24.0. The maximum absolute atomic E-state index is 13.2. The number of unbranched alkanes of at least 4 members (excludes halogenated alkanes) is 1. The summed E-state index contributed by atoms with van der Waals surface area (Å²) in [5, 5.41) is 5.00. The van der Waals surface area contributed by atoms with Crippen LogP contribution in [0.3, 0.4) is 0 Å². The number of ether oxygens (including phenoxy) is 1. The Labute approximate surface area is 166 Å². The molecule has 0 radical (unpaired) electrons. The molecule has 1 aliphatic rings. The summed E-state index contributed by atoms with van der Waals surface area (Å²) in [6, 6.07) is 5.26. The lowest BCUT2D eigenvalue weighted by atomic mass is 10.2. The molecule has 1 atom stereocenters. The molecule has 1 aromatic carbocycles. The highest BCUT2D eigenvalue weighted by Crippen LogP contribution is 2.25. The van der Waals surface area contributed by atoms with Gasteiger partial charge in [-0.25, -0.2) is 8.42 Å². The average molecular weight is 412 g/mol. The minimum Gasteiger partial charge on any atom is -0.360 e. The molecule has 0 spiro atoms. The van der Waals surface area contributed by atoms with Gasteiger partial charge in [-0.15, -0.1) is 0 Å². The van der Waals surface area contributed by atoms with Crippen LogP contribution in [-0.2, 0) is 24.3 Å². The summed E-state index contributed by atoms with van der Waals surface area (Å²) in [6.45, 7) is 6.58. The van der Waals surface area contributed by atoms with Crippen LogP contribution >= 0.6 is 0 Å². The number of aryl methyl sites for hydroxylation is 2. The summed E-state index contributed by atoms with van der Waals surface area (Å²) in [5.74, 6) is -1.53. The Bertz CT molecular complexity index is 810. The van der Waals surface area contributed by atoms with Crippen LogP contribution in [0.15, 0.2) is 23.1 Å². The molecule has 0 bridgehead atoms. The minimum absolute atomic E-state index is 0.0931. The summed E-state index contributed by atoms with van der Waals surface area (Å²) in [6.07, 6.45) is 1.40. The SMILES string of the molecule is CCCCNC(=O)C(=O)NCC1OCCCN1S(=O)(=O)c1cc(C)ccc1C. The molecule has 28 heavy (non-hydrogen) atoms. The van der Waals surface area contributed by atoms with Gasteiger partial charge in [-0.3, -0.25) is 9.59 Å². The van der Waals surface area contributed by atoms with Gasteiger partial charge >= 0.3 is 11.8 Å². The van der Waals surface area contributed by atoms with Crippen LogP contribution < -0.4 is 10.6 Å². The number of nitrogens with one attached hydrogen (secondary N) is 2. The zero-order valence-corrected chi connectivity index (χ0v) is 17.5. The molecule has 2 amide bonds. The van der Waals surface area contributed by atoms with E-state index in [1.165, 1.54) is 4.31 Å². The predicted octanol–water partition coefficient (Wildman–Crippen LogP) is 1.07. The number of hydrogen-bond donors (Lipinski definition) is 2. The van der Waals surface area contributed by atoms with E-state index >= 15 is 0 Å². The van der Waals surface area contributed by atoms with E-state index in [-0.39, 0.29) is 11.4 Å². The molecule has 0 aromatic heterocycles. The summed E-state index contributed by atoms with van der Waals surface area (Å²) in [7, 11) is -3.79. The van der Waals surface area contributed by atoms with Crippen molar-refractivity contribution in [3.8, 4) is 0 Å². The van der Waals surface area contributed by atoms with Crippen LogP contribution in [0.5, 0.6) is 0 Å². The Hall–Kier alpha value is -1.97. The molecular formula is C19H29N3O5S. The number of nitrogens with zero attached hydrogens (tertiary/aromatic N) is 1. The van der Waals surface area contributed by atoms with Gasteiger partial charge in [0.25, 0.3) is 0 Å². The molecule has 1 unspecified atom stereocenters. The molecule has 1 heterocycles. The normalized spacial score (nSPS) is 17.9. The van der Waals surface area contributed by atoms with E-state index in [2.05, 4.69) is 10.6 Å². The lowest BCUT2D eigenvalue weighted by molar-refractivity contribution is -0.140. The maximum Gasteiger partial charge on any atom is 0.309 e. The van der Waals surface area contributed by atoms with Crippen molar-refractivity contribution in [1.82, 2.24) is 14.9 Å². The molecule has 9 heteroatoms. The Kier molecular flexibility index (Phi) is 7.97. The first-order valence-electron chi connectivity index (χ1n) is 9.54. The fraction of sp³-hybridized carbons (Fsp3) is 0.579. The monoisotopic (exact) mass is 411 g/mol. The van der Waals surface area contributed by atoms with Gasteiger partial charge in [-0.05, 0) is 43.9 Å². The topological polar surface area (TPSA) is 105 Å². The van der Waals surface area contributed by atoms with Crippen LogP contribution in [-0.4, -0.2) is 57.0 Å². The van der Waals surface area contributed by atoms with Crippen molar-refractivity contribution >= 4 is 21.8 Å². The van der Waals surface area contributed by atoms with Crippen LogP contribution in [0.1, 0.15) is 37.3 Å². The van der Waals surface area contributed by atoms with E-state index in [1.807, 2.05) is 19.9 Å². The minimum atomic E-state index is -3.79. The molecule has 2 N–H and O–H groups in total. The molecule has 8 nitrogen and oxygen atoms in total. The van der Waals surface area contributed by atoms with E-state index in [0.717, 1.165) is 18.4 Å².